The molecule has 3 heteroatoms. The van der Waals surface area contributed by atoms with E-state index in [1.165, 1.54) is 0 Å². The van der Waals surface area contributed by atoms with Crippen LogP contribution >= 0.6 is 0 Å². The van der Waals surface area contributed by atoms with Crippen molar-refractivity contribution in [3.8, 4) is 0 Å². The third-order valence-corrected chi connectivity index (χ3v) is 0.967. The number of aromatic amines is 1. The van der Waals surface area contributed by atoms with Crippen LogP contribution in [-0.4, -0.2) is 16.5 Å². The van der Waals surface area contributed by atoms with Crippen LogP contribution in [0.4, 0.5) is 5.95 Å². The summed E-state index contributed by atoms with van der Waals surface area (Å²) in [6.07, 6.45) is 4.37. The van der Waals surface area contributed by atoms with Crippen molar-refractivity contribution in [3.63, 3.8) is 0 Å². The quantitative estimate of drug-likeness (QED) is 0.632. The molecular formula is C6H10N3. The molecule has 0 saturated carbocycles. The van der Waals surface area contributed by atoms with Crippen LogP contribution in [-0.2, 0) is 0 Å². The van der Waals surface area contributed by atoms with Crippen LogP contribution in [0.2, 0.25) is 0 Å². The van der Waals surface area contributed by atoms with Crippen molar-refractivity contribution in [2.75, 3.05) is 11.9 Å². The molecule has 0 spiro atoms. The lowest BCUT2D eigenvalue weighted by molar-refractivity contribution is 1.03. The van der Waals surface area contributed by atoms with Crippen molar-refractivity contribution < 1.29 is 0 Å². The predicted octanol–water partition coefficient (Wildman–Crippen LogP) is 1.05. The number of nitrogens with zero attached hydrogens (tertiary/aromatic N) is 1. The smallest absolute Gasteiger partial charge is 0.200 e. The Balaban J connectivity index is 2.30. The number of rotatable bonds is 3. The number of hydrogen-bond acceptors (Lipinski definition) is 2. The zero-order chi connectivity index (χ0) is 6.53. The Bertz CT molecular complexity index is 145. The first-order valence-corrected chi connectivity index (χ1v) is 2.96. The summed E-state index contributed by atoms with van der Waals surface area (Å²) in [6, 6.07) is 0. The van der Waals surface area contributed by atoms with Crippen molar-refractivity contribution in [1.82, 2.24) is 9.97 Å². The molecule has 0 aromatic carbocycles. The zero-order valence-corrected chi connectivity index (χ0v) is 5.22. The molecule has 3 nitrogen and oxygen atoms in total. The van der Waals surface area contributed by atoms with E-state index in [9.17, 15) is 0 Å². The van der Waals surface area contributed by atoms with Crippen LogP contribution < -0.4 is 5.32 Å². The fourth-order valence-electron chi connectivity index (χ4n) is 0.569. The number of hydrogen-bond donors (Lipinski definition) is 2. The van der Waals surface area contributed by atoms with E-state index in [0.717, 1.165) is 18.9 Å². The van der Waals surface area contributed by atoms with E-state index >= 15 is 0 Å². The van der Waals surface area contributed by atoms with Gasteiger partial charge >= 0.3 is 0 Å². The molecule has 1 radical (unpaired) electrons. The summed E-state index contributed by atoms with van der Waals surface area (Å²) >= 11 is 0. The number of nitrogens with one attached hydrogen (secondary N) is 2. The van der Waals surface area contributed by atoms with E-state index in [1.807, 2.05) is 0 Å². The normalized spacial score (nSPS) is 9.44. The number of imidazole rings is 1. The van der Waals surface area contributed by atoms with E-state index in [-0.39, 0.29) is 0 Å². The Morgan fingerprint density at radius 1 is 1.78 bits per heavy atom. The molecular weight excluding hydrogens is 114 g/mol. The highest BCUT2D eigenvalue weighted by Crippen LogP contribution is 1.93. The van der Waals surface area contributed by atoms with E-state index in [0.29, 0.717) is 0 Å². The van der Waals surface area contributed by atoms with Crippen molar-refractivity contribution in [2.45, 2.75) is 6.42 Å². The molecule has 1 rings (SSSR count). The molecule has 1 aromatic rings. The van der Waals surface area contributed by atoms with Crippen LogP contribution in [0.5, 0.6) is 0 Å². The Labute approximate surface area is 54.5 Å². The van der Waals surface area contributed by atoms with Crippen molar-refractivity contribution in [1.29, 1.82) is 0 Å². The van der Waals surface area contributed by atoms with Gasteiger partial charge in [0.05, 0.1) is 0 Å². The minimum absolute atomic E-state index is 0.818. The minimum Gasteiger partial charge on any atom is -0.356 e. The molecule has 0 unspecified atom stereocenters. The topological polar surface area (TPSA) is 40.7 Å². The molecule has 2 N–H and O–H groups in total. The molecule has 0 fully saturated rings. The van der Waals surface area contributed by atoms with Crippen LogP contribution in [0.15, 0.2) is 12.4 Å². The summed E-state index contributed by atoms with van der Waals surface area (Å²) in [5, 5.41) is 3.05. The fourth-order valence-corrected chi connectivity index (χ4v) is 0.569. The first-order valence-electron chi connectivity index (χ1n) is 2.96. The van der Waals surface area contributed by atoms with Gasteiger partial charge in [0.15, 0.2) is 5.95 Å². The number of H-pyrrole nitrogens is 1. The van der Waals surface area contributed by atoms with E-state index in [2.05, 4.69) is 22.2 Å². The third-order valence-electron chi connectivity index (χ3n) is 0.967. The summed E-state index contributed by atoms with van der Waals surface area (Å²) < 4.78 is 0. The maximum Gasteiger partial charge on any atom is 0.200 e. The van der Waals surface area contributed by atoms with Gasteiger partial charge in [0.2, 0.25) is 0 Å². The van der Waals surface area contributed by atoms with E-state index in [4.69, 9.17) is 0 Å². The summed E-state index contributed by atoms with van der Waals surface area (Å²) in [7, 11) is 0. The summed E-state index contributed by atoms with van der Waals surface area (Å²) in [6.45, 7) is 4.55. The largest absolute Gasteiger partial charge is 0.356 e. The summed E-state index contributed by atoms with van der Waals surface area (Å²) in [4.78, 5) is 6.88. The van der Waals surface area contributed by atoms with Crippen LogP contribution in [0.1, 0.15) is 6.42 Å². The predicted molar refractivity (Wildman–Crippen MR) is 37.1 cm³/mol. The SMILES string of the molecule is [CH2]CCNc1ncc[nH]1. The molecule has 0 amide bonds. The molecule has 9 heavy (non-hydrogen) atoms. The van der Waals surface area contributed by atoms with Gasteiger partial charge in [-0.2, -0.15) is 0 Å². The lowest BCUT2D eigenvalue weighted by atomic mass is 10.5. The van der Waals surface area contributed by atoms with Gasteiger partial charge in [-0.25, -0.2) is 4.98 Å². The Morgan fingerprint density at radius 2 is 2.67 bits per heavy atom. The van der Waals surface area contributed by atoms with Crippen molar-refractivity contribution in [3.05, 3.63) is 19.3 Å². The first kappa shape index (κ1) is 6.13. The van der Waals surface area contributed by atoms with E-state index in [1.54, 1.807) is 12.4 Å². The summed E-state index contributed by atoms with van der Waals surface area (Å²) in [5.41, 5.74) is 0. The van der Waals surface area contributed by atoms with E-state index < -0.39 is 0 Å². The molecule has 0 atom stereocenters. The summed E-state index contributed by atoms with van der Waals surface area (Å²) in [5.74, 6) is 0.818. The van der Waals surface area contributed by atoms with Crippen LogP contribution in [0.25, 0.3) is 0 Å². The van der Waals surface area contributed by atoms with Crippen molar-refractivity contribution >= 4 is 5.95 Å². The van der Waals surface area contributed by atoms with Crippen LogP contribution in [0, 0.1) is 6.92 Å². The zero-order valence-electron chi connectivity index (χ0n) is 5.22. The second-order valence-electron chi connectivity index (χ2n) is 1.72. The Morgan fingerprint density at radius 3 is 3.22 bits per heavy atom. The Kier molecular flexibility index (Phi) is 2.13. The van der Waals surface area contributed by atoms with Crippen LogP contribution in [0.3, 0.4) is 0 Å². The molecule has 49 valence electrons. The monoisotopic (exact) mass is 124 g/mol. The first-order chi connectivity index (χ1) is 4.43. The lowest BCUT2D eigenvalue weighted by Gasteiger charge is -1.96. The molecule has 1 heterocycles. The minimum atomic E-state index is 0.818. The Hall–Kier alpha value is -0.990. The van der Waals surface area contributed by atoms with Gasteiger partial charge in [0, 0.05) is 18.9 Å². The maximum atomic E-state index is 3.96. The van der Waals surface area contributed by atoms with Gasteiger partial charge in [-0.15, -0.1) is 0 Å². The highest BCUT2D eigenvalue weighted by molar-refractivity contribution is 5.22. The van der Waals surface area contributed by atoms with Gasteiger partial charge in [-0.3, -0.25) is 0 Å². The standard InChI is InChI=1S/C6H10N3/c1-2-3-7-6-8-4-5-9-6/h4-5H,1-3H2,(H2,7,8,9). The molecule has 0 aliphatic rings. The lowest BCUT2D eigenvalue weighted by Crippen LogP contribution is -2.00. The highest BCUT2D eigenvalue weighted by Gasteiger charge is 1.87. The number of anilines is 1. The molecule has 0 aliphatic carbocycles. The third kappa shape index (κ3) is 1.76. The molecule has 0 saturated heterocycles. The van der Waals surface area contributed by atoms with Gasteiger partial charge < -0.3 is 10.3 Å². The second-order valence-corrected chi connectivity index (χ2v) is 1.72. The van der Waals surface area contributed by atoms with Crippen molar-refractivity contribution in [2.24, 2.45) is 0 Å². The van der Waals surface area contributed by atoms with Gasteiger partial charge in [0.25, 0.3) is 0 Å². The van der Waals surface area contributed by atoms with Gasteiger partial charge in [-0.05, 0) is 6.42 Å². The molecule has 0 bridgehead atoms. The number of aromatic nitrogens is 2. The van der Waals surface area contributed by atoms with Gasteiger partial charge in [0.1, 0.15) is 0 Å². The second kappa shape index (κ2) is 3.12. The highest BCUT2D eigenvalue weighted by atomic mass is 15.1. The fraction of sp³-hybridized carbons (Fsp3) is 0.333. The molecule has 0 aliphatic heterocycles. The average molecular weight is 124 g/mol. The average Bonchev–Trinajstić information content (AvgIpc) is 2.34. The maximum absolute atomic E-state index is 3.96. The van der Waals surface area contributed by atoms with Gasteiger partial charge in [-0.1, -0.05) is 6.92 Å². The molecule has 1 aromatic heterocycles.